The molecule has 3 saturated carbocycles. The molecule has 4 aliphatic rings. The van der Waals surface area contributed by atoms with E-state index in [2.05, 4.69) is 13.0 Å². The van der Waals surface area contributed by atoms with Crippen molar-refractivity contribution >= 4 is 11.8 Å². The molecular weight excluding hydrogens is 372 g/mol. The summed E-state index contributed by atoms with van der Waals surface area (Å²) in [4.78, 5) is 23.5. The number of carbonyl (C=O) groups is 2. The van der Waals surface area contributed by atoms with Crippen molar-refractivity contribution in [1.29, 1.82) is 0 Å². The largest absolute Gasteiger partial charge is 0.457 e. The number of fused-ring (bicyclic) bond motifs is 5. The fourth-order valence-electron chi connectivity index (χ4n) is 7.76. The summed E-state index contributed by atoms with van der Waals surface area (Å²) in [7, 11) is 0. The van der Waals surface area contributed by atoms with Gasteiger partial charge in [-0.1, -0.05) is 19.9 Å². The Bertz CT molecular complexity index is 733. The Morgan fingerprint density at radius 2 is 2.03 bits per heavy atom. The molecule has 9 atom stereocenters. The third kappa shape index (κ3) is 2.86. The summed E-state index contributed by atoms with van der Waals surface area (Å²) >= 11 is 0. The number of hydrogen-bond acceptors (Lipinski definition) is 6. The minimum Gasteiger partial charge on any atom is -0.457 e. The molecule has 0 aromatic heterocycles. The average Bonchev–Trinajstić information content (AvgIpc) is 2.86. The van der Waals surface area contributed by atoms with E-state index in [0.29, 0.717) is 24.7 Å². The highest BCUT2D eigenvalue weighted by Gasteiger charge is 2.69. The number of carbonyl (C=O) groups excluding carboxylic acids is 2. The van der Waals surface area contributed by atoms with Crippen LogP contribution in [0.3, 0.4) is 0 Å². The molecule has 0 aromatic rings. The highest BCUT2D eigenvalue weighted by Crippen LogP contribution is 2.68. The molecule has 3 fully saturated rings. The van der Waals surface area contributed by atoms with Crippen LogP contribution in [0.2, 0.25) is 0 Å². The fourth-order valence-corrected chi connectivity index (χ4v) is 7.76. The quantitative estimate of drug-likeness (QED) is 0.620. The minimum absolute atomic E-state index is 0.0646. The zero-order valence-electron chi connectivity index (χ0n) is 17.6. The first-order valence-corrected chi connectivity index (χ1v) is 11.0. The number of aliphatic hydroxyl groups excluding tert-OH is 2. The molecule has 0 radical (unpaired) electrons. The van der Waals surface area contributed by atoms with E-state index in [9.17, 15) is 24.9 Å². The Labute approximate surface area is 172 Å². The maximum Gasteiger partial charge on any atom is 0.303 e. The summed E-state index contributed by atoms with van der Waals surface area (Å²) in [5.74, 6) is 0.455. The van der Waals surface area contributed by atoms with E-state index in [-0.39, 0.29) is 29.5 Å². The van der Waals surface area contributed by atoms with Crippen molar-refractivity contribution in [3.63, 3.8) is 0 Å². The van der Waals surface area contributed by atoms with E-state index in [1.807, 2.05) is 6.92 Å². The fraction of sp³-hybridized carbons (Fsp3) is 0.826. The summed E-state index contributed by atoms with van der Waals surface area (Å²) < 4.78 is 5.30. The van der Waals surface area contributed by atoms with E-state index in [0.717, 1.165) is 19.3 Å². The number of hydrogen-bond donors (Lipinski definition) is 3. The molecule has 6 heteroatoms. The topological polar surface area (TPSA) is 104 Å². The lowest BCUT2D eigenvalue weighted by Crippen LogP contribution is -2.61. The number of ether oxygens (including phenoxy) is 1. The highest BCUT2D eigenvalue weighted by molar-refractivity contribution is 5.91. The molecule has 0 aliphatic heterocycles. The van der Waals surface area contributed by atoms with E-state index >= 15 is 0 Å². The molecule has 29 heavy (non-hydrogen) atoms. The van der Waals surface area contributed by atoms with Crippen LogP contribution in [-0.2, 0) is 14.3 Å². The molecule has 6 nitrogen and oxygen atoms in total. The Morgan fingerprint density at radius 3 is 2.69 bits per heavy atom. The zero-order valence-corrected chi connectivity index (χ0v) is 17.6. The highest BCUT2D eigenvalue weighted by atomic mass is 16.6. The number of rotatable bonds is 3. The van der Waals surface area contributed by atoms with Crippen LogP contribution in [0.5, 0.6) is 0 Å². The van der Waals surface area contributed by atoms with Crippen LogP contribution in [0.1, 0.15) is 59.3 Å². The molecule has 3 N–H and O–H groups in total. The molecule has 0 unspecified atom stereocenters. The van der Waals surface area contributed by atoms with E-state index in [1.54, 1.807) is 6.08 Å². The van der Waals surface area contributed by atoms with Gasteiger partial charge >= 0.3 is 5.97 Å². The molecule has 0 bridgehead atoms. The molecule has 0 aromatic carbocycles. The van der Waals surface area contributed by atoms with Gasteiger partial charge in [-0.05, 0) is 60.8 Å². The normalized spacial score (nSPS) is 49.7. The van der Waals surface area contributed by atoms with Crippen molar-refractivity contribution in [1.82, 2.24) is 0 Å². The van der Waals surface area contributed by atoms with Gasteiger partial charge in [-0.15, -0.1) is 0 Å². The lowest BCUT2D eigenvalue weighted by molar-refractivity contribution is -0.206. The lowest BCUT2D eigenvalue weighted by Gasteiger charge is -2.60. The molecule has 0 amide bonds. The third-order valence-electron chi connectivity index (χ3n) is 9.22. The second-order valence-corrected chi connectivity index (χ2v) is 10.4. The first-order valence-electron chi connectivity index (χ1n) is 11.0. The van der Waals surface area contributed by atoms with Gasteiger partial charge in [-0.3, -0.25) is 9.59 Å². The van der Waals surface area contributed by atoms with Crippen molar-refractivity contribution in [3.8, 4) is 0 Å². The SMILES string of the molecule is CC(=O)O[C@@H](CO)[C@@]1(O)C[C@@H](O)[C@H]2[C@@H]3CC[C@H]4CC(=O)C=C[C@]4(C)[C@H]3CC[C@@]21C. The monoisotopic (exact) mass is 406 g/mol. The second kappa shape index (κ2) is 6.89. The van der Waals surface area contributed by atoms with Crippen molar-refractivity contribution in [2.75, 3.05) is 6.61 Å². The predicted molar refractivity (Wildman–Crippen MR) is 106 cm³/mol. The first-order chi connectivity index (χ1) is 13.6. The Balaban J connectivity index is 1.69. The van der Waals surface area contributed by atoms with Crippen LogP contribution >= 0.6 is 0 Å². The molecule has 0 spiro atoms. The standard InChI is InChI=1S/C23H34O6/c1-13(25)29-19(12-24)23(28)11-18(27)20-16-5-4-14-10-15(26)6-8-21(14,2)17(16)7-9-22(20,23)3/h6,8,14,16-20,24,27-28H,4-5,7,9-12H2,1-3H3/t14-,16+,17-,18+,19-,20+,21-,22-,23-/m0/s1. The van der Waals surface area contributed by atoms with Crippen LogP contribution in [-0.4, -0.2) is 51.5 Å². The number of esters is 1. The first kappa shape index (κ1) is 21.0. The summed E-state index contributed by atoms with van der Waals surface area (Å²) in [5.41, 5.74) is -2.17. The smallest absolute Gasteiger partial charge is 0.303 e. The number of aliphatic hydroxyl groups is 3. The third-order valence-corrected chi connectivity index (χ3v) is 9.22. The summed E-state index contributed by atoms with van der Waals surface area (Å²) in [6.07, 6.45) is 6.23. The minimum atomic E-state index is -1.46. The van der Waals surface area contributed by atoms with Gasteiger partial charge in [0, 0.05) is 25.2 Å². The molecule has 4 aliphatic carbocycles. The van der Waals surface area contributed by atoms with Crippen LogP contribution in [0, 0.1) is 34.5 Å². The Kier molecular flexibility index (Phi) is 4.99. The number of ketones is 1. The second-order valence-electron chi connectivity index (χ2n) is 10.4. The molecule has 0 saturated heterocycles. The van der Waals surface area contributed by atoms with Gasteiger partial charge in [0.05, 0.1) is 12.7 Å². The van der Waals surface area contributed by atoms with Gasteiger partial charge < -0.3 is 20.1 Å². The average molecular weight is 407 g/mol. The summed E-state index contributed by atoms with van der Waals surface area (Å²) in [5, 5.41) is 32.7. The van der Waals surface area contributed by atoms with E-state index in [4.69, 9.17) is 4.74 Å². The summed E-state index contributed by atoms with van der Waals surface area (Å²) in [6, 6.07) is 0. The van der Waals surface area contributed by atoms with E-state index < -0.39 is 35.8 Å². The van der Waals surface area contributed by atoms with E-state index in [1.165, 1.54) is 6.92 Å². The molecular formula is C23H34O6. The van der Waals surface area contributed by atoms with Gasteiger partial charge in [0.1, 0.15) is 5.60 Å². The van der Waals surface area contributed by atoms with Gasteiger partial charge in [0.2, 0.25) is 0 Å². The van der Waals surface area contributed by atoms with Gasteiger partial charge in [-0.2, -0.15) is 0 Å². The zero-order chi connectivity index (χ0) is 21.2. The van der Waals surface area contributed by atoms with Gasteiger partial charge in [-0.25, -0.2) is 0 Å². The Morgan fingerprint density at radius 1 is 1.31 bits per heavy atom. The van der Waals surface area contributed by atoms with Gasteiger partial charge in [0.25, 0.3) is 0 Å². The number of allylic oxidation sites excluding steroid dienone is 2. The van der Waals surface area contributed by atoms with Gasteiger partial charge in [0.15, 0.2) is 11.9 Å². The maximum atomic E-state index is 12.0. The van der Waals surface area contributed by atoms with Crippen molar-refractivity contribution in [3.05, 3.63) is 12.2 Å². The van der Waals surface area contributed by atoms with Crippen LogP contribution in [0.15, 0.2) is 12.2 Å². The van der Waals surface area contributed by atoms with Crippen molar-refractivity contribution in [2.45, 2.75) is 77.1 Å². The van der Waals surface area contributed by atoms with Crippen LogP contribution in [0.25, 0.3) is 0 Å². The van der Waals surface area contributed by atoms with Crippen molar-refractivity contribution in [2.24, 2.45) is 34.5 Å². The predicted octanol–water partition coefficient (Wildman–Crippen LogP) is 2.00. The Hall–Kier alpha value is -1.24. The molecule has 162 valence electrons. The maximum absolute atomic E-state index is 12.0. The summed E-state index contributed by atoms with van der Waals surface area (Å²) in [6.45, 7) is 5.05. The molecule has 4 rings (SSSR count). The van der Waals surface area contributed by atoms with Crippen LogP contribution < -0.4 is 0 Å². The van der Waals surface area contributed by atoms with Crippen molar-refractivity contribution < 1.29 is 29.6 Å². The van der Waals surface area contributed by atoms with Crippen LogP contribution in [0.4, 0.5) is 0 Å². The molecule has 0 heterocycles. The lowest BCUT2D eigenvalue weighted by atomic mass is 9.45.